The van der Waals surface area contributed by atoms with Gasteiger partial charge in [-0.2, -0.15) is 0 Å². The van der Waals surface area contributed by atoms with E-state index in [9.17, 15) is 8.42 Å². The molecule has 2 rings (SSSR count). The zero-order chi connectivity index (χ0) is 16.2. The molecular weight excluding hydrogens is 298 g/mol. The van der Waals surface area contributed by atoms with E-state index in [1.54, 1.807) is 12.1 Å². The Balaban J connectivity index is 2.02. The summed E-state index contributed by atoms with van der Waals surface area (Å²) in [4.78, 5) is 2.86. The number of likely N-dealkylation sites (tertiary alicyclic amines) is 1. The summed E-state index contributed by atoms with van der Waals surface area (Å²) < 4.78 is 28.6. The fraction of sp³-hybridized carbons (Fsp3) is 0.647. The molecule has 22 heavy (non-hydrogen) atoms. The van der Waals surface area contributed by atoms with Gasteiger partial charge in [-0.1, -0.05) is 12.1 Å². The van der Waals surface area contributed by atoms with Crippen LogP contribution in [0.4, 0.5) is 0 Å². The van der Waals surface area contributed by atoms with Crippen molar-refractivity contribution in [1.29, 1.82) is 0 Å². The summed E-state index contributed by atoms with van der Waals surface area (Å²) in [6.07, 6.45) is 3.67. The SMILES string of the molecule is CCOC[C@H]1CCCN([C@@H](C)c2ccc(S(C)(=O)=O)cc2)C1. The van der Waals surface area contributed by atoms with Crippen LogP contribution in [-0.4, -0.2) is 45.9 Å². The third kappa shape index (κ3) is 4.54. The molecule has 1 aliphatic rings. The molecule has 1 aliphatic heterocycles. The standard InChI is InChI=1S/C17H27NO3S/c1-4-21-13-15-6-5-11-18(12-15)14(2)16-7-9-17(10-8-16)22(3,19)20/h7-10,14-15H,4-6,11-13H2,1-3H3/t14-,15-/m0/s1. The van der Waals surface area contributed by atoms with Gasteiger partial charge in [-0.05, 0) is 56.8 Å². The normalized spacial score (nSPS) is 21.7. The third-order valence-electron chi connectivity index (χ3n) is 4.45. The van der Waals surface area contributed by atoms with E-state index in [-0.39, 0.29) is 0 Å². The van der Waals surface area contributed by atoms with Crippen LogP contribution in [0.1, 0.15) is 38.3 Å². The zero-order valence-electron chi connectivity index (χ0n) is 13.8. The third-order valence-corrected chi connectivity index (χ3v) is 5.57. The molecule has 4 nitrogen and oxygen atoms in total. The first-order valence-electron chi connectivity index (χ1n) is 8.03. The van der Waals surface area contributed by atoms with Crippen LogP contribution >= 0.6 is 0 Å². The first kappa shape index (κ1) is 17.4. The summed E-state index contributed by atoms with van der Waals surface area (Å²) in [5.74, 6) is 0.603. The molecule has 124 valence electrons. The van der Waals surface area contributed by atoms with Crippen LogP contribution in [0.3, 0.4) is 0 Å². The second-order valence-electron chi connectivity index (χ2n) is 6.18. The molecule has 0 aliphatic carbocycles. The fourth-order valence-corrected chi connectivity index (χ4v) is 3.70. The number of benzene rings is 1. The number of piperidine rings is 1. The zero-order valence-corrected chi connectivity index (χ0v) is 14.6. The van der Waals surface area contributed by atoms with Gasteiger partial charge in [-0.3, -0.25) is 4.90 Å². The minimum atomic E-state index is -3.12. The Kier molecular flexibility index (Phi) is 6.01. The van der Waals surface area contributed by atoms with Crippen molar-refractivity contribution in [2.24, 2.45) is 5.92 Å². The summed E-state index contributed by atoms with van der Waals surface area (Å²) in [5.41, 5.74) is 1.17. The van der Waals surface area contributed by atoms with E-state index in [1.165, 1.54) is 24.7 Å². The summed E-state index contributed by atoms with van der Waals surface area (Å²) in [6.45, 7) is 7.99. The molecule has 0 unspecified atom stereocenters. The van der Waals surface area contributed by atoms with Crippen LogP contribution in [0.2, 0.25) is 0 Å². The summed E-state index contributed by atoms with van der Waals surface area (Å²) >= 11 is 0. The lowest BCUT2D eigenvalue weighted by Gasteiger charge is -2.37. The number of hydrogen-bond acceptors (Lipinski definition) is 4. The topological polar surface area (TPSA) is 46.6 Å². The molecule has 0 N–H and O–H groups in total. The van der Waals surface area contributed by atoms with E-state index >= 15 is 0 Å². The maximum atomic E-state index is 11.5. The molecule has 0 radical (unpaired) electrons. The molecule has 0 spiro atoms. The molecule has 1 heterocycles. The van der Waals surface area contributed by atoms with Gasteiger partial charge in [0.25, 0.3) is 0 Å². The van der Waals surface area contributed by atoms with Crippen LogP contribution in [0, 0.1) is 5.92 Å². The van der Waals surface area contributed by atoms with Crippen LogP contribution in [0.25, 0.3) is 0 Å². The molecule has 0 amide bonds. The Morgan fingerprint density at radius 3 is 2.59 bits per heavy atom. The minimum absolute atomic E-state index is 0.304. The second-order valence-corrected chi connectivity index (χ2v) is 8.20. The average molecular weight is 325 g/mol. The summed E-state index contributed by atoms with van der Waals surface area (Å²) in [7, 11) is -3.12. The van der Waals surface area contributed by atoms with E-state index in [1.807, 2.05) is 19.1 Å². The van der Waals surface area contributed by atoms with Gasteiger partial charge in [-0.15, -0.1) is 0 Å². The van der Waals surface area contributed by atoms with Crippen molar-refractivity contribution in [3.05, 3.63) is 29.8 Å². The van der Waals surface area contributed by atoms with E-state index in [4.69, 9.17) is 4.74 Å². The van der Waals surface area contributed by atoms with Crippen LogP contribution in [-0.2, 0) is 14.6 Å². The van der Waals surface area contributed by atoms with E-state index in [0.717, 1.165) is 26.3 Å². The van der Waals surface area contributed by atoms with Crippen molar-refractivity contribution in [1.82, 2.24) is 4.90 Å². The molecule has 1 aromatic rings. The van der Waals surface area contributed by atoms with E-state index in [0.29, 0.717) is 16.9 Å². The largest absolute Gasteiger partial charge is 0.381 e. The van der Waals surface area contributed by atoms with Crippen molar-refractivity contribution in [2.75, 3.05) is 32.6 Å². The molecule has 0 saturated carbocycles. The molecule has 1 fully saturated rings. The minimum Gasteiger partial charge on any atom is -0.381 e. The Bertz CT molecular complexity index is 568. The Hall–Kier alpha value is -0.910. The van der Waals surface area contributed by atoms with Gasteiger partial charge in [0.1, 0.15) is 0 Å². The highest BCUT2D eigenvalue weighted by Crippen LogP contribution is 2.27. The lowest BCUT2D eigenvalue weighted by Crippen LogP contribution is -2.38. The lowest BCUT2D eigenvalue weighted by molar-refractivity contribution is 0.0537. The first-order valence-corrected chi connectivity index (χ1v) is 9.92. The smallest absolute Gasteiger partial charge is 0.175 e. The number of hydrogen-bond donors (Lipinski definition) is 0. The van der Waals surface area contributed by atoms with Gasteiger partial charge in [0.2, 0.25) is 0 Å². The van der Waals surface area contributed by atoms with Gasteiger partial charge in [0.15, 0.2) is 9.84 Å². The van der Waals surface area contributed by atoms with Crippen molar-refractivity contribution in [2.45, 2.75) is 37.6 Å². The van der Waals surface area contributed by atoms with Crippen molar-refractivity contribution in [3.8, 4) is 0 Å². The first-order chi connectivity index (χ1) is 10.4. The van der Waals surface area contributed by atoms with E-state index < -0.39 is 9.84 Å². The van der Waals surface area contributed by atoms with Crippen molar-refractivity contribution < 1.29 is 13.2 Å². The average Bonchev–Trinajstić information content (AvgIpc) is 2.52. The van der Waals surface area contributed by atoms with E-state index in [2.05, 4.69) is 11.8 Å². The van der Waals surface area contributed by atoms with Gasteiger partial charge in [0.05, 0.1) is 11.5 Å². The highest BCUT2D eigenvalue weighted by atomic mass is 32.2. The Morgan fingerprint density at radius 1 is 1.32 bits per heavy atom. The number of nitrogens with zero attached hydrogens (tertiary/aromatic N) is 1. The molecule has 0 aromatic heterocycles. The van der Waals surface area contributed by atoms with Gasteiger partial charge >= 0.3 is 0 Å². The van der Waals surface area contributed by atoms with Crippen molar-refractivity contribution in [3.63, 3.8) is 0 Å². The molecule has 5 heteroatoms. The van der Waals surface area contributed by atoms with Gasteiger partial charge in [-0.25, -0.2) is 8.42 Å². The Morgan fingerprint density at radius 2 is 2.00 bits per heavy atom. The quantitative estimate of drug-likeness (QED) is 0.807. The predicted octanol–water partition coefficient (Wildman–Crippen LogP) is 2.90. The second kappa shape index (κ2) is 7.57. The maximum Gasteiger partial charge on any atom is 0.175 e. The maximum absolute atomic E-state index is 11.5. The molecule has 0 bridgehead atoms. The van der Waals surface area contributed by atoms with Crippen LogP contribution < -0.4 is 0 Å². The van der Waals surface area contributed by atoms with Gasteiger partial charge < -0.3 is 4.74 Å². The molecular formula is C17H27NO3S. The highest BCUT2D eigenvalue weighted by Gasteiger charge is 2.24. The molecule has 1 saturated heterocycles. The number of sulfone groups is 1. The van der Waals surface area contributed by atoms with Gasteiger partial charge in [0, 0.05) is 25.4 Å². The monoisotopic (exact) mass is 325 g/mol. The Labute approximate surface area is 134 Å². The summed E-state index contributed by atoms with van der Waals surface area (Å²) in [5, 5.41) is 0. The van der Waals surface area contributed by atoms with Crippen molar-refractivity contribution >= 4 is 9.84 Å². The fourth-order valence-electron chi connectivity index (χ4n) is 3.07. The number of ether oxygens (including phenoxy) is 1. The molecule has 2 atom stereocenters. The highest BCUT2D eigenvalue weighted by molar-refractivity contribution is 7.90. The number of rotatable bonds is 6. The predicted molar refractivity (Wildman–Crippen MR) is 88.8 cm³/mol. The molecule has 1 aromatic carbocycles. The summed E-state index contributed by atoms with van der Waals surface area (Å²) in [6, 6.07) is 7.60. The van der Waals surface area contributed by atoms with Crippen LogP contribution in [0.15, 0.2) is 29.2 Å². The lowest BCUT2D eigenvalue weighted by atomic mass is 9.96. The van der Waals surface area contributed by atoms with Crippen LogP contribution in [0.5, 0.6) is 0 Å².